The Kier molecular flexibility index (Phi) is 4.70. The molecule has 3 aromatic rings. The zero-order valence-corrected chi connectivity index (χ0v) is 15.0. The molecule has 1 saturated heterocycles. The summed E-state index contributed by atoms with van der Waals surface area (Å²) in [6.07, 6.45) is 5.37. The minimum absolute atomic E-state index is 0.598. The smallest absolute Gasteiger partial charge is 0.103 e. The summed E-state index contributed by atoms with van der Waals surface area (Å²) in [5, 5.41) is 11.2. The molecule has 1 fully saturated rings. The van der Waals surface area contributed by atoms with E-state index in [-0.39, 0.29) is 0 Å². The van der Waals surface area contributed by atoms with Gasteiger partial charge in [-0.15, -0.1) is 0 Å². The Morgan fingerprint density at radius 3 is 2.69 bits per heavy atom. The van der Waals surface area contributed by atoms with Crippen LogP contribution < -0.4 is 4.90 Å². The highest BCUT2D eigenvalue weighted by Crippen LogP contribution is 2.32. The highest BCUT2D eigenvalue weighted by Gasteiger charge is 2.22. The lowest BCUT2D eigenvalue weighted by Crippen LogP contribution is -2.46. The molecule has 3 heterocycles. The van der Waals surface area contributed by atoms with Crippen molar-refractivity contribution in [2.45, 2.75) is 6.54 Å². The maximum absolute atomic E-state index is 9.56. The molecule has 0 radical (unpaired) electrons. The summed E-state index contributed by atoms with van der Waals surface area (Å²) in [6.45, 7) is 4.49. The molecular weight excluding hydrogens is 346 g/mol. The highest BCUT2D eigenvalue weighted by atomic mass is 35.5. The Morgan fingerprint density at radius 2 is 1.96 bits per heavy atom. The summed E-state index contributed by atoms with van der Waals surface area (Å²) in [7, 11) is 0. The maximum Gasteiger partial charge on any atom is 0.103 e. The zero-order chi connectivity index (χ0) is 17.9. The van der Waals surface area contributed by atoms with Gasteiger partial charge in [0, 0.05) is 61.7 Å². The van der Waals surface area contributed by atoms with Crippen molar-refractivity contribution in [3.63, 3.8) is 0 Å². The summed E-state index contributed by atoms with van der Waals surface area (Å²) in [6, 6.07) is 12.0. The predicted octanol–water partition coefficient (Wildman–Crippen LogP) is 3.48. The van der Waals surface area contributed by atoms with E-state index in [0.717, 1.165) is 49.3 Å². The molecule has 0 unspecified atom stereocenters. The fourth-order valence-corrected chi connectivity index (χ4v) is 3.62. The summed E-state index contributed by atoms with van der Waals surface area (Å²) in [4.78, 5) is 13.3. The van der Waals surface area contributed by atoms with Crippen LogP contribution in [0.1, 0.15) is 11.1 Å². The predicted molar refractivity (Wildman–Crippen MR) is 103 cm³/mol. The van der Waals surface area contributed by atoms with Gasteiger partial charge in [0.1, 0.15) is 6.07 Å². The molecule has 0 atom stereocenters. The van der Waals surface area contributed by atoms with Gasteiger partial charge in [-0.1, -0.05) is 17.7 Å². The lowest BCUT2D eigenvalue weighted by atomic mass is 10.1. The number of rotatable bonds is 3. The normalized spacial score (nSPS) is 15.2. The van der Waals surface area contributed by atoms with Gasteiger partial charge in [0.05, 0.1) is 16.8 Å². The second-order valence-electron chi connectivity index (χ2n) is 6.42. The number of benzene rings is 1. The molecule has 1 aliphatic rings. The molecule has 4 rings (SSSR count). The van der Waals surface area contributed by atoms with Crippen molar-refractivity contribution in [2.75, 3.05) is 31.1 Å². The molecule has 0 bridgehead atoms. The standard InChI is InChI=1S/C20H18ClN5/c21-17-3-4-19-18(10-17)20(16(11-22)13-24-19)26-8-6-25(7-9-26)14-15-2-1-5-23-12-15/h1-5,10,12-13H,6-9,14H2. The Hall–Kier alpha value is -2.68. The maximum atomic E-state index is 9.56. The van der Waals surface area contributed by atoms with E-state index in [1.54, 1.807) is 12.4 Å². The van der Waals surface area contributed by atoms with Crippen LogP contribution in [0, 0.1) is 11.3 Å². The molecule has 0 amide bonds. The van der Waals surface area contributed by atoms with Crippen molar-refractivity contribution in [3.05, 3.63) is 65.1 Å². The minimum Gasteiger partial charge on any atom is -0.367 e. The first-order valence-electron chi connectivity index (χ1n) is 8.59. The fraction of sp³-hybridized carbons (Fsp3) is 0.250. The average Bonchev–Trinajstić information content (AvgIpc) is 2.68. The number of hydrogen-bond donors (Lipinski definition) is 0. The minimum atomic E-state index is 0.598. The highest BCUT2D eigenvalue weighted by molar-refractivity contribution is 6.31. The van der Waals surface area contributed by atoms with Gasteiger partial charge < -0.3 is 4.90 Å². The van der Waals surface area contributed by atoms with Gasteiger partial charge in [0.2, 0.25) is 0 Å². The Labute approximate surface area is 157 Å². The third kappa shape index (κ3) is 3.34. The van der Waals surface area contributed by atoms with Crippen molar-refractivity contribution in [1.29, 1.82) is 5.26 Å². The van der Waals surface area contributed by atoms with Crippen LogP contribution in [0.2, 0.25) is 5.02 Å². The van der Waals surface area contributed by atoms with Gasteiger partial charge in [0.25, 0.3) is 0 Å². The molecule has 0 saturated carbocycles. The van der Waals surface area contributed by atoms with Crippen LogP contribution in [0.4, 0.5) is 5.69 Å². The first kappa shape index (κ1) is 16.8. The molecule has 130 valence electrons. The molecule has 26 heavy (non-hydrogen) atoms. The Bertz CT molecular complexity index is 959. The first-order valence-corrected chi connectivity index (χ1v) is 8.97. The van der Waals surface area contributed by atoms with Crippen LogP contribution in [0.15, 0.2) is 48.9 Å². The van der Waals surface area contributed by atoms with Gasteiger partial charge in [-0.2, -0.15) is 5.26 Å². The number of aromatic nitrogens is 2. The van der Waals surface area contributed by atoms with E-state index in [9.17, 15) is 5.26 Å². The van der Waals surface area contributed by atoms with Gasteiger partial charge in [-0.25, -0.2) is 0 Å². The fourth-order valence-electron chi connectivity index (χ4n) is 3.45. The zero-order valence-electron chi connectivity index (χ0n) is 14.3. The Balaban J connectivity index is 1.57. The van der Waals surface area contributed by atoms with E-state index >= 15 is 0 Å². The van der Waals surface area contributed by atoms with Gasteiger partial charge in [0.15, 0.2) is 0 Å². The molecule has 0 aliphatic carbocycles. The molecule has 0 spiro atoms. The topological polar surface area (TPSA) is 56.1 Å². The van der Waals surface area contributed by atoms with Crippen molar-refractivity contribution >= 4 is 28.2 Å². The largest absolute Gasteiger partial charge is 0.367 e. The SMILES string of the molecule is N#Cc1cnc2ccc(Cl)cc2c1N1CCN(Cc2cccnc2)CC1. The summed E-state index contributed by atoms with van der Waals surface area (Å²) in [5.41, 5.74) is 3.63. The average molecular weight is 364 g/mol. The summed E-state index contributed by atoms with van der Waals surface area (Å²) < 4.78 is 0. The van der Waals surface area contributed by atoms with Gasteiger partial charge >= 0.3 is 0 Å². The number of nitrogens with zero attached hydrogens (tertiary/aromatic N) is 5. The lowest BCUT2D eigenvalue weighted by Gasteiger charge is -2.36. The quantitative estimate of drug-likeness (QED) is 0.713. The van der Waals surface area contributed by atoms with Gasteiger partial charge in [-0.3, -0.25) is 14.9 Å². The van der Waals surface area contributed by atoms with Crippen LogP contribution >= 0.6 is 11.6 Å². The molecular formula is C20H18ClN5. The van der Waals surface area contributed by atoms with Crippen molar-refractivity contribution < 1.29 is 0 Å². The first-order chi connectivity index (χ1) is 12.7. The lowest BCUT2D eigenvalue weighted by molar-refractivity contribution is 0.250. The molecule has 0 N–H and O–H groups in total. The number of pyridine rings is 2. The van der Waals surface area contributed by atoms with E-state index in [1.807, 2.05) is 30.5 Å². The van der Waals surface area contributed by atoms with E-state index < -0.39 is 0 Å². The second-order valence-corrected chi connectivity index (χ2v) is 6.85. The second kappa shape index (κ2) is 7.28. The molecule has 5 nitrogen and oxygen atoms in total. The van der Waals surface area contributed by atoms with Crippen molar-refractivity contribution in [1.82, 2.24) is 14.9 Å². The molecule has 6 heteroatoms. The van der Waals surface area contributed by atoms with Crippen LogP contribution in [-0.4, -0.2) is 41.0 Å². The summed E-state index contributed by atoms with van der Waals surface area (Å²) >= 11 is 6.20. The monoisotopic (exact) mass is 363 g/mol. The number of fused-ring (bicyclic) bond motifs is 1. The number of anilines is 1. The van der Waals surface area contributed by atoms with Gasteiger partial charge in [-0.05, 0) is 29.8 Å². The molecule has 1 aliphatic heterocycles. The van der Waals surface area contributed by atoms with E-state index in [0.29, 0.717) is 10.6 Å². The van der Waals surface area contributed by atoms with Crippen LogP contribution in [0.25, 0.3) is 10.9 Å². The van der Waals surface area contributed by atoms with E-state index in [4.69, 9.17) is 11.6 Å². The van der Waals surface area contributed by atoms with E-state index in [2.05, 4.69) is 31.9 Å². The Morgan fingerprint density at radius 1 is 1.12 bits per heavy atom. The van der Waals surface area contributed by atoms with Crippen LogP contribution in [0.3, 0.4) is 0 Å². The number of nitriles is 1. The van der Waals surface area contributed by atoms with Crippen molar-refractivity contribution in [3.8, 4) is 6.07 Å². The third-order valence-electron chi connectivity index (χ3n) is 4.74. The van der Waals surface area contributed by atoms with Crippen molar-refractivity contribution in [2.24, 2.45) is 0 Å². The molecule has 1 aromatic carbocycles. The van der Waals surface area contributed by atoms with E-state index in [1.165, 1.54) is 5.56 Å². The van der Waals surface area contributed by atoms with Crippen LogP contribution in [-0.2, 0) is 6.54 Å². The van der Waals surface area contributed by atoms with Crippen LogP contribution in [0.5, 0.6) is 0 Å². The number of piperazine rings is 1. The number of halogens is 1. The molecule has 2 aromatic heterocycles. The summed E-state index contributed by atoms with van der Waals surface area (Å²) in [5.74, 6) is 0. The third-order valence-corrected chi connectivity index (χ3v) is 4.97. The number of hydrogen-bond acceptors (Lipinski definition) is 5.